The Morgan fingerprint density at radius 1 is 1.14 bits per heavy atom. The molecular formula is C17H15N3O. The van der Waals surface area contributed by atoms with Gasteiger partial charge in [0.2, 0.25) is 11.7 Å². The third-order valence-corrected chi connectivity index (χ3v) is 3.79. The Kier molecular flexibility index (Phi) is 2.74. The lowest BCUT2D eigenvalue weighted by Gasteiger charge is -2.04. The summed E-state index contributed by atoms with van der Waals surface area (Å²) in [5.74, 6) is 1.29. The van der Waals surface area contributed by atoms with Crippen molar-refractivity contribution in [3.05, 3.63) is 65.5 Å². The van der Waals surface area contributed by atoms with Crippen molar-refractivity contribution >= 4 is 5.69 Å². The van der Waals surface area contributed by atoms with E-state index in [-0.39, 0.29) is 6.04 Å². The van der Waals surface area contributed by atoms with Gasteiger partial charge in [-0.05, 0) is 24.6 Å². The Morgan fingerprint density at radius 2 is 2.05 bits per heavy atom. The monoisotopic (exact) mass is 277 g/mol. The summed E-state index contributed by atoms with van der Waals surface area (Å²) >= 11 is 0. The van der Waals surface area contributed by atoms with Crippen molar-refractivity contribution < 1.29 is 4.52 Å². The first-order chi connectivity index (χ1) is 10.3. The number of para-hydroxylation sites is 1. The summed E-state index contributed by atoms with van der Waals surface area (Å²) in [7, 11) is 0. The highest BCUT2D eigenvalue weighted by atomic mass is 16.5. The van der Waals surface area contributed by atoms with E-state index in [9.17, 15) is 0 Å². The molecule has 104 valence electrons. The molecule has 4 rings (SSSR count). The molecule has 1 aliphatic heterocycles. The van der Waals surface area contributed by atoms with Gasteiger partial charge in [-0.3, -0.25) is 0 Å². The molecule has 0 unspecified atom stereocenters. The molecule has 0 radical (unpaired) electrons. The van der Waals surface area contributed by atoms with E-state index in [1.54, 1.807) is 0 Å². The van der Waals surface area contributed by atoms with Gasteiger partial charge in [0, 0.05) is 17.7 Å². The van der Waals surface area contributed by atoms with Crippen molar-refractivity contribution in [3.63, 3.8) is 0 Å². The number of benzene rings is 2. The topological polar surface area (TPSA) is 51.0 Å². The first kappa shape index (κ1) is 12.1. The molecule has 4 nitrogen and oxygen atoms in total. The predicted molar refractivity (Wildman–Crippen MR) is 81.0 cm³/mol. The van der Waals surface area contributed by atoms with E-state index in [4.69, 9.17) is 4.52 Å². The van der Waals surface area contributed by atoms with E-state index in [1.165, 1.54) is 11.1 Å². The van der Waals surface area contributed by atoms with Crippen LogP contribution in [-0.2, 0) is 6.42 Å². The van der Waals surface area contributed by atoms with Gasteiger partial charge in [0.25, 0.3) is 0 Å². The number of nitrogens with zero attached hydrogens (tertiary/aromatic N) is 2. The maximum Gasteiger partial charge on any atom is 0.249 e. The molecule has 0 saturated carbocycles. The number of aryl methyl sites for hydroxylation is 1. The second-order valence-electron chi connectivity index (χ2n) is 5.38. The number of hydrogen-bond donors (Lipinski definition) is 1. The highest BCUT2D eigenvalue weighted by Gasteiger charge is 2.26. The van der Waals surface area contributed by atoms with Crippen LogP contribution in [0.4, 0.5) is 5.69 Å². The van der Waals surface area contributed by atoms with Crippen LogP contribution in [0.1, 0.15) is 23.1 Å². The van der Waals surface area contributed by atoms with Crippen molar-refractivity contribution in [1.29, 1.82) is 0 Å². The van der Waals surface area contributed by atoms with Crippen molar-refractivity contribution in [2.45, 2.75) is 19.4 Å². The minimum atomic E-state index is 0.0634. The van der Waals surface area contributed by atoms with Crippen molar-refractivity contribution in [3.8, 4) is 11.4 Å². The number of aromatic nitrogens is 2. The molecule has 1 aromatic heterocycles. The first-order valence-electron chi connectivity index (χ1n) is 7.05. The van der Waals surface area contributed by atoms with Gasteiger partial charge in [-0.1, -0.05) is 47.1 Å². The SMILES string of the molecule is Cc1cccc(-c2noc([C@@H]3Cc4ccccc4N3)n2)c1. The lowest BCUT2D eigenvalue weighted by atomic mass is 10.1. The number of nitrogens with one attached hydrogen (secondary N) is 1. The summed E-state index contributed by atoms with van der Waals surface area (Å²) in [5, 5.41) is 7.54. The lowest BCUT2D eigenvalue weighted by molar-refractivity contribution is 0.364. The molecule has 0 spiro atoms. The van der Waals surface area contributed by atoms with E-state index in [0.717, 1.165) is 17.7 Å². The van der Waals surface area contributed by atoms with Gasteiger partial charge in [-0.25, -0.2) is 0 Å². The van der Waals surface area contributed by atoms with Gasteiger partial charge >= 0.3 is 0 Å². The molecule has 0 saturated heterocycles. The summed E-state index contributed by atoms with van der Waals surface area (Å²) in [6, 6.07) is 16.5. The van der Waals surface area contributed by atoms with Crippen molar-refractivity contribution in [1.82, 2.24) is 10.1 Å². The zero-order valence-electron chi connectivity index (χ0n) is 11.7. The van der Waals surface area contributed by atoms with Crippen LogP contribution in [0, 0.1) is 6.92 Å². The summed E-state index contributed by atoms with van der Waals surface area (Å²) in [4.78, 5) is 4.55. The van der Waals surface area contributed by atoms with E-state index >= 15 is 0 Å². The molecule has 2 aromatic carbocycles. The van der Waals surface area contributed by atoms with Crippen molar-refractivity contribution in [2.24, 2.45) is 0 Å². The minimum absolute atomic E-state index is 0.0634. The van der Waals surface area contributed by atoms with Crippen LogP contribution in [0.15, 0.2) is 53.1 Å². The zero-order valence-corrected chi connectivity index (χ0v) is 11.7. The van der Waals surface area contributed by atoms with Gasteiger partial charge in [0.05, 0.1) is 0 Å². The van der Waals surface area contributed by atoms with E-state index in [0.29, 0.717) is 11.7 Å². The fraction of sp³-hybridized carbons (Fsp3) is 0.176. The Labute approximate surface area is 122 Å². The zero-order chi connectivity index (χ0) is 14.2. The fourth-order valence-corrected chi connectivity index (χ4v) is 2.72. The average Bonchev–Trinajstić information content (AvgIpc) is 3.14. The number of anilines is 1. The van der Waals surface area contributed by atoms with Crippen LogP contribution in [0.25, 0.3) is 11.4 Å². The lowest BCUT2D eigenvalue weighted by Crippen LogP contribution is -2.05. The molecule has 1 N–H and O–H groups in total. The Hall–Kier alpha value is -2.62. The molecule has 3 aromatic rings. The van der Waals surface area contributed by atoms with Gasteiger partial charge in [0.1, 0.15) is 6.04 Å². The van der Waals surface area contributed by atoms with E-state index in [2.05, 4.69) is 52.7 Å². The molecule has 1 aliphatic rings. The van der Waals surface area contributed by atoms with Crippen LogP contribution >= 0.6 is 0 Å². The van der Waals surface area contributed by atoms with Gasteiger partial charge in [0.15, 0.2) is 0 Å². The molecule has 4 heteroatoms. The van der Waals surface area contributed by atoms with Gasteiger partial charge in [-0.15, -0.1) is 0 Å². The highest BCUT2D eigenvalue weighted by molar-refractivity contribution is 5.58. The second-order valence-corrected chi connectivity index (χ2v) is 5.38. The van der Waals surface area contributed by atoms with Crippen LogP contribution in [0.2, 0.25) is 0 Å². The maximum absolute atomic E-state index is 5.45. The van der Waals surface area contributed by atoms with E-state index < -0.39 is 0 Å². The smallest absolute Gasteiger partial charge is 0.249 e. The molecule has 0 bridgehead atoms. The molecule has 0 aliphatic carbocycles. The first-order valence-corrected chi connectivity index (χ1v) is 7.05. The van der Waals surface area contributed by atoms with Gasteiger partial charge < -0.3 is 9.84 Å². The van der Waals surface area contributed by atoms with Crippen molar-refractivity contribution in [2.75, 3.05) is 5.32 Å². The summed E-state index contributed by atoms with van der Waals surface area (Å²) in [6.45, 7) is 2.06. The Morgan fingerprint density at radius 3 is 2.90 bits per heavy atom. The van der Waals surface area contributed by atoms with Gasteiger partial charge in [-0.2, -0.15) is 4.98 Å². The summed E-state index contributed by atoms with van der Waals surface area (Å²) in [5.41, 5.74) is 4.61. The Balaban J connectivity index is 1.62. The van der Waals surface area contributed by atoms with Crippen LogP contribution < -0.4 is 5.32 Å². The number of hydrogen-bond acceptors (Lipinski definition) is 4. The van der Waals surface area contributed by atoms with Crippen LogP contribution in [0.3, 0.4) is 0 Å². The maximum atomic E-state index is 5.45. The third-order valence-electron chi connectivity index (χ3n) is 3.79. The molecule has 2 heterocycles. The third kappa shape index (κ3) is 2.18. The van der Waals surface area contributed by atoms with E-state index in [1.807, 2.05) is 18.2 Å². The number of fused-ring (bicyclic) bond motifs is 1. The molecule has 0 fully saturated rings. The summed E-state index contributed by atoms with van der Waals surface area (Å²) < 4.78 is 5.45. The largest absolute Gasteiger partial charge is 0.373 e. The fourth-order valence-electron chi connectivity index (χ4n) is 2.72. The molecule has 21 heavy (non-hydrogen) atoms. The number of rotatable bonds is 2. The highest BCUT2D eigenvalue weighted by Crippen LogP contribution is 2.33. The molecular weight excluding hydrogens is 262 g/mol. The molecule has 1 atom stereocenters. The second kappa shape index (κ2) is 4.74. The summed E-state index contributed by atoms with van der Waals surface area (Å²) in [6.07, 6.45) is 0.881. The Bertz CT molecular complexity index is 769. The van der Waals surface area contributed by atoms with Crippen LogP contribution in [0.5, 0.6) is 0 Å². The normalized spacial score (nSPS) is 16.5. The average molecular weight is 277 g/mol. The van der Waals surface area contributed by atoms with Crippen LogP contribution in [-0.4, -0.2) is 10.1 Å². The quantitative estimate of drug-likeness (QED) is 0.775. The molecule has 0 amide bonds. The minimum Gasteiger partial charge on any atom is -0.373 e. The predicted octanol–water partition coefficient (Wildman–Crippen LogP) is 3.75. The standard InChI is InChI=1S/C17H15N3O/c1-11-5-4-7-13(9-11)16-19-17(21-20-16)15-10-12-6-2-3-8-14(12)18-15/h2-9,15,18H,10H2,1H3/t15-/m0/s1.